The Morgan fingerprint density at radius 1 is 1.12 bits per heavy atom. The Morgan fingerprint density at radius 3 is 2.42 bits per heavy atom. The van der Waals surface area contributed by atoms with Gasteiger partial charge in [-0.05, 0) is 36.6 Å². The number of halogens is 1. The first-order chi connectivity index (χ1) is 12.2. The molecule has 0 saturated carbocycles. The number of nitriles is 1. The van der Waals surface area contributed by atoms with E-state index in [1.54, 1.807) is 12.1 Å². The molecular weight excluding hydrogens is 439 g/mol. The van der Waals surface area contributed by atoms with Crippen molar-refractivity contribution in [1.82, 2.24) is 10.6 Å². The van der Waals surface area contributed by atoms with Gasteiger partial charge in [-0.3, -0.25) is 0 Å². The lowest BCUT2D eigenvalue weighted by atomic mass is 10.1. The van der Waals surface area contributed by atoms with Crippen LogP contribution in [-0.2, 0) is 6.54 Å². The summed E-state index contributed by atoms with van der Waals surface area (Å²) in [5, 5.41) is 25.5. The molecule has 0 bridgehead atoms. The Hall–Kier alpha value is -2.11. The van der Waals surface area contributed by atoms with Crippen LogP contribution in [0.4, 0.5) is 0 Å². The average Bonchev–Trinajstić information content (AvgIpc) is 2.67. The number of aliphatic hydroxyl groups is 1. The standard InChI is InChI=1S/C20H24N4O.HI/c1-2-22-20(24-15-17-10-8-16(14-21)9-11-17)23-13-12-19(25)18-6-4-3-5-7-18;/h3-11,19,25H,2,12-13,15H2,1H3,(H2,22,23,24);1H. The van der Waals surface area contributed by atoms with Crippen LogP contribution in [0.2, 0.25) is 0 Å². The molecule has 138 valence electrons. The number of rotatable bonds is 7. The van der Waals surface area contributed by atoms with Crippen molar-refractivity contribution in [2.24, 2.45) is 4.99 Å². The number of aliphatic hydroxyl groups excluding tert-OH is 1. The molecule has 0 aromatic heterocycles. The molecule has 0 aliphatic rings. The number of hydrogen-bond donors (Lipinski definition) is 3. The highest BCUT2D eigenvalue weighted by molar-refractivity contribution is 14.0. The Balaban J connectivity index is 0.00000338. The van der Waals surface area contributed by atoms with Crippen LogP contribution < -0.4 is 10.6 Å². The van der Waals surface area contributed by atoms with Gasteiger partial charge in [0.15, 0.2) is 5.96 Å². The van der Waals surface area contributed by atoms with E-state index in [2.05, 4.69) is 21.7 Å². The maximum atomic E-state index is 10.2. The summed E-state index contributed by atoms with van der Waals surface area (Å²) in [5.41, 5.74) is 2.61. The fourth-order valence-electron chi connectivity index (χ4n) is 2.37. The van der Waals surface area contributed by atoms with Crippen LogP contribution in [0.3, 0.4) is 0 Å². The van der Waals surface area contributed by atoms with Crippen LogP contribution in [-0.4, -0.2) is 24.2 Å². The quantitative estimate of drug-likeness (QED) is 0.334. The third-order valence-electron chi connectivity index (χ3n) is 3.74. The van der Waals surface area contributed by atoms with E-state index in [0.717, 1.165) is 17.7 Å². The van der Waals surface area contributed by atoms with Crippen LogP contribution in [0.1, 0.15) is 36.1 Å². The molecule has 0 amide bonds. The van der Waals surface area contributed by atoms with E-state index in [0.29, 0.717) is 31.0 Å². The molecular formula is C20H25IN4O. The van der Waals surface area contributed by atoms with Crippen molar-refractivity contribution in [3.05, 3.63) is 71.3 Å². The molecule has 0 heterocycles. The van der Waals surface area contributed by atoms with Gasteiger partial charge in [0.25, 0.3) is 0 Å². The van der Waals surface area contributed by atoms with Gasteiger partial charge < -0.3 is 15.7 Å². The van der Waals surface area contributed by atoms with Gasteiger partial charge in [0, 0.05) is 13.1 Å². The Bertz CT molecular complexity index is 711. The monoisotopic (exact) mass is 464 g/mol. The predicted octanol–water partition coefficient (Wildman–Crippen LogP) is 3.36. The van der Waals surface area contributed by atoms with Crippen molar-refractivity contribution in [1.29, 1.82) is 5.26 Å². The van der Waals surface area contributed by atoms with Crippen molar-refractivity contribution in [2.45, 2.75) is 26.0 Å². The molecule has 6 heteroatoms. The minimum atomic E-state index is -0.491. The molecule has 1 atom stereocenters. The summed E-state index contributed by atoms with van der Waals surface area (Å²) in [6.45, 7) is 3.93. The summed E-state index contributed by atoms with van der Waals surface area (Å²) in [5.74, 6) is 0.715. The van der Waals surface area contributed by atoms with Gasteiger partial charge in [-0.1, -0.05) is 42.5 Å². The van der Waals surface area contributed by atoms with E-state index in [-0.39, 0.29) is 24.0 Å². The lowest BCUT2D eigenvalue weighted by Gasteiger charge is -2.14. The largest absolute Gasteiger partial charge is 0.388 e. The highest BCUT2D eigenvalue weighted by Gasteiger charge is 2.07. The fraction of sp³-hybridized carbons (Fsp3) is 0.300. The van der Waals surface area contributed by atoms with Crippen molar-refractivity contribution >= 4 is 29.9 Å². The number of nitrogens with one attached hydrogen (secondary N) is 2. The first kappa shape index (κ1) is 21.9. The van der Waals surface area contributed by atoms with Gasteiger partial charge in [0.2, 0.25) is 0 Å². The van der Waals surface area contributed by atoms with E-state index in [1.807, 2.05) is 49.4 Å². The van der Waals surface area contributed by atoms with Crippen LogP contribution in [0.15, 0.2) is 59.6 Å². The summed E-state index contributed by atoms with van der Waals surface area (Å²) in [4.78, 5) is 4.54. The number of nitrogens with zero attached hydrogens (tertiary/aromatic N) is 2. The molecule has 2 aromatic carbocycles. The van der Waals surface area contributed by atoms with Crippen molar-refractivity contribution < 1.29 is 5.11 Å². The SMILES string of the molecule is CCNC(=NCc1ccc(C#N)cc1)NCCC(O)c1ccccc1.I. The number of aliphatic imine (C=N–C) groups is 1. The molecule has 0 aliphatic carbocycles. The van der Waals surface area contributed by atoms with Gasteiger partial charge in [-0.2, -0.15) is 5.26 Å². The average molecular weight is 464 g/mol. The topological polar surface area (TPSA) is 80.4 Å². The first-order valence-electron chi connectivity index (χ1n) is 8.47. The zero-order chi connectivity index (χ0) is 17.9. The zero-order valence-electron chi connectivity index (χ0n) is 14.9. The minimum absolute atomic E-state index is 0. The molecule has 0 radical (unpaired) electrons. The third kappa shape index (κ3) is 7.42. The lowest BCUT2D eigenvalue weighted by Crippen LogP contribution is -2.38. The fourth-order valence-corrected chi connectivity index (χ4v) is 2.37. The predicted molar refractivity (Wildman–Crippen MR) is 115 cm³/mol. The normalized spacial score (nSPS) is 11.8. The number of guanidine groups is 1. The molecule has 26 heavy (non-hydrogen) atoms. The van der Waals surface area contributed by atoms with E-state index in [1.165, 1.54) is 0 Å². The van der Waals surface area contributed by atoms with Gasteiger partial charge in [0.1, 0.15) is 0 Å². The first-order valence-corrected chi connectivity index (χ1v) is 8.47. The molecule has 2 aromatic rings. The van der Waals surface area contributed by atoms with Crippen molar-refractivity contribution in [3.63, 3.8) is 0 Å². The van der Waals surface area contributed by atoms with Crippen molar-refractivity contribution in [2.75, 3.05) is 13.1 Å². The van der Waals surface area contributed by atoms with Gasteiger partial charge in [0.05, 0.1) is 24.3 Å². The zero-order valence-corrected chi connectivity index (χ0v) is 17.2. The van der Waals surface area contributed by atoms with Gasteiger partial charge >= 0.3 is 0 Å². The molecule has 3 N–H and O–H groups in total. The van der Waals surface area contributed by atoms with Gasteiger partial charge in [-0.25, -0.2) is 4.99 Å². The molecule has 0 fully saturated rings. The Kier molecular flexibility index (Phi) is 10.4. The third-order valence-corrected chi connectivity index (χ3v) is 3.74. The highest BCUT2D eigenvalue weighted by atomic mass is 127. The smallest absolute Gasteiger partial charge is 0.191 e. The minimum Gasteiger partial charge on any atom is -0.388 e. The van der Waals surface area contributed by atoms with Crippen LogP contribution >= 0.6 is 24.0 Å². The number of hydrogen-bond acceptors (Lipinski definition) is 3. The van der Waals surface area contributed by atoms with E-state index in [4.69, 9.17) is 5.26 Å². The number of benzene rings is 2. The summed E-state index contributed by atoms with van der Waals surface area (Å²) in [7, 11) is 0. The second-order valence-corrected chi connectivity index (χ2v) is 5.65. The summed E-state index contributed by atoms with van der Waals surface area (Å²) >= 11 is 0. The molecule has 0 spiro atoms. The second-order valence-electron chi connectivity index (χ2n) is 5.65. The van der Waals surface area contributed by atoms with E-state index < -0.39 is 6.10 Å². The molecule has 1 unspecified atom stereocenters. The molecule has 0 saturated heterocycles. The summed E-state index contributed by atoms with van der Waals surface area (Å²) < 4.78 is 0. The van der Waals surface area contributed by atoms with Crippen LogP contribution in [0, 0.1) is 11.3 Å². The van der Waals surface area contributed by atoms with E-state index >= 15 is 0 Å². The van der Waals surface area contributed by atoms with Crippen LogP contribution in [0.5, 0.6) is 0 Å². The second kappa shape index (κ2) is 12.3. The maximum absolute atomic E-state index is 10.2. The van der Waals surface area contributed by atoms with Gasteiger partial charge in [-0.15, -0.1) is 24.0 Å². The van der Waals surface area contributed by atoms with Crippen LogP contribution in [0.25, 0.3) is 0 Å². The maximum Gasteiger partial charge on any atom is 0.191 e. The molecule has 2 rings (SSSR count). The molecule has 0 aliphatic heterocycles. The highest BCUT2D eigenvalue weighted by Crippen LogP contribution is 2.14. The van der Waals surface area contributed by atoms with Crippen molar-refractivity contribution in [3.8, 4) is 6.07 Å². The van der Waals surface area contributed by atoms with E-state index in [9.17, 15) is 5.11 Å². The Labute approximate surface area is 172 Å². The summed E-state index contributed by atoms with van der Waals surface area (Å²) in [6.07, 6.45) is 0.112. The molecule has 5 nitrogen and oxygen atoms in total. The summed E-state index contributed by atoms with van der Waals surface area (Å²) in [6, 6.07) is 19.1. The lowest BCUT2D eigenvalue weighted by molar-refractivity contribution is 0.168. The Morgan fingerprint density at radius 2 is 1.81 bits per heavy atom.